The van der Waals surface area contributed by atoms with E-state index in [-0.39, 0.29) is 0 Å². The number of H-pyrrole nitrogens is 1. The number of hydrogen-bond donors (Lipinski definition) is 3. The van der Waals surface area contributed by atoms with Gasteiger partial charge in [0, 0.05) is 0 Å². The minimum Gasteiger partial charge on any atom is -0.370 e. The van der Waals surface area contributed by atoms with Crippen molar-refractivity contribution in [3.63, 3.8) is 0 Å². The van der Waals surface area contributed by atoms with Crippen molar-refractivity contribution in [3.8, 4) is 0 Å². The van der Waals surface area contributed by atoms with Crippen LogP contribution in [0.4, 0.5) is 5.82 Å². The van der Waals surface area contributed by atoms with Crippen LogP contribution in [0.5, 0.6) is 0 Å². The van der Waals surface area contributed by atoms with E-state index < -0.39 is 6.23 Å². The summed E-state index contributed by atoms with van der Waals surface area (Å²) in [5.74, 6) is 0.535. The van der Waals surface area contributed by atoms with E-state index in [0.717, 1.165) is 5.57 Å². The highest BCUT2D eigenvalue weighted by Gasteiger charge is 2.07. The van der Waals surface area contributed by atoms with Gasteiger partial charge < -0.3 is 15.4 Å². The molecule has 6 nitrogen and oxygen atoms in total. The highest BCUT2D eigenvalue weighted by molar-refractivity contribution is 5.82. The monoisotopic (exact) mass is 219 g/mol. The van der Waals surface area contributed by atoms with Gasteiger partial charge in [0.2, 0.25) is 0 Å². The number of imidazole rings is 1. The number of aromatic amines is 1. The molecule has 2 aromatic rings. The first-order valence-electron chi connectivity index (χ1n) is 4.90. The number of fused-ring (bicyclic) bond motifs is 1. The third-order valence-corrected chi connectivity index (χ3v) is 2.00. The van der Waals surface area contributed by atoms with E-state index in [9.17, 15) is 5.11 Å². The Morgan fingerprint density at radius 3 is 3.00 bits per heavy atom. The Hall–Kier alpha value is -1.95. The lowest BCUT2D eigenvalue weighted by atomic mass is 10.3. The van der Waals surface area contributed by atoms with Crippen LogP contribution in [0, 0.1) is 0 Å². The fourth-order valence-electron chi connectivity index (χ4n) is 1.37. The predicted molar refractivity (Wildman–Crippen MR) is 60.7 cm³/mol. The van der Waals surface area contributed by atoms with Gasteiger partial charge in [0.15, 0.2) is 11.5 Å². The molecule has 1 atom stereocenters. The molecule has 0 bridgehead atoms. The molecule has 0 aromatic carbocycles. The molecule has 2 rings (SSSR count). The Bertz CT molecular complexity index is 515. The van der Waals surface area contributed by atoms with Crippen LogP contribution in [0.2, 0.25) is 0 Å². The number of aliphatic hydroxyl groups excluding tert-OH is 1. The van der Waals surface area contributed by atoms with Crippen LogP contribution in [-0.2, 0) is 0 Å². The lowest BCUT2D eigenvalue weighted by Crippen LogP contribution is -2.17. The standard InChI is InChI=1S/C10H13N5O/c1-6(2)3-7(16)15-10-8-9(12-4-11-8)13-5-14-10/h3-5,7,16H,1-2H3,(H2,11,12,13,14,15). The summed E-state index contributed by atoms with van der Waals surface area (Å²) in [5.41, 5.74) is 2.28. The summed E-state index contributed by atoms with van der Waals surface area (Å²) in [7, 11) is 0. The molecule has 6 heteroatoms. The van der Waals surface area contributed by atoms with Gasteiger partial charge in [-0.15, -0.1) is 0 Å². The van der Waals surface area contributed by atoms with Crippen LogP contribution < -0.4 is 5.32 Å². The van der Waals surface area contributed by atoms with Crippen molar-refractivity contribution in [2.24, 2.45) is 0 Å². The van der Waals surface area contributed by atoms with Crippen LogP contribution in [0.3, 0.4) is 0 Å². The van der Waals surface area contributed by atoms with E-state index in [1.165, 1.54) is 12.7 Å². The smallest absolute Gasteiger partial charge is 0.182 e. The van der Waals surface area contributed by atoms with Gasteiger partial charge in [0.25, 0.3) is 0 Å². The maximum absolute atomic E-state index is 9.69. The largest absolute Gasteiger partial charge is 0.370 e. The number of rotatable bonds is 3. The molecule has 0 aliphatic rings. The molecular weight excluding hydrogens is 206 g/mol. The summed E-state index contributed by atoms with van der Waals surface area (Å²) in [6.45, 7) is 3.83. The first-order chi connectivity index (χ1) is 7.66. The van der Waals surface area contributed by atoms with Gasteiger partial charge in [-0.2, -0.15) is 0 Å². The molecule has 2 heterocycles. The number of allylic oxidation sites excluding steroid dienone is 1. The van der Waals surface area contributed by atoms with Gasteiger partial charge in [-0.3, -0.25) is 0 Å². The highest BCUT2D eigenvalue weighted by Crippen LogP contribution is 2.15. The fourth-order valence-corrected chi connectivity index (χ4v) is 1.37. The average Bonchev–Trinajstić information content (AvgIpc) is 2.65. The second-order valence-corrected chi connectivity index (χ2v) is 3.66. The van der Waals surface area contributed by atoms with Gasteiger partial charge in [0.1, 0.15) is 18.1 Å². The van der Waals surface area contributed by atoms with E-state index in [0.29, 0.717) is 17.0 Å². The SMILES string of the molecule is CC(C)=CC(O)Nc1ncnc2nc[nH]c12. The second kappa shape index (κ2) is 4.28. The second-order valence-electron chi connectivity index (χ2n) is 3.66. The fraction of sp³-hybridized carbons (Fsp3) is 0.300. The van der Waals surface area contributed by atoms with E-state index in [4.69, 9.17) is 0 Å². The van der Waals surface area contributed by atoms with Crippen LogP contribution in [-0.4, -0.2) is 31.3 Å². The minimum absolute atomic E-state index is 0.535. The molecule has 1 unspecified atom stereocenters. The minimum atomic E-state index is -0.772. The first kappa shape index (κ1) is 10.6. The number of nitrogens with zero attached hydrogens (tertiary/aromatic N) is 3. The molecule has 0 amide bonds. The molecular formula is C10H13N5O. The summed E-state index contributed by atoms with van der Waals surface area (Å²) in [6.07, 6.45) is 3.87. The van der Waals surface area contributed by atoms with Crippen LogP contribution >= 0.6 is 0 Å². The van der Waals surface area contributed by atoms with E-state index in [1.54, 1.807) is 6.08 Å². The van der Waals surface area contributed by atoms with Crippen molar-refractivity contribution in [3.05, 3.63) is 24.3 Å². The molecule has 0 aliphatic heterocycles. The Morgan fingerprint density at radius 1 is 1.44 bits per heavy atom. The van der Waals surface area contributed by atoms with Crippen molar-refractivity contribution in [2.75, 3.05) is 5.32 Å². The van der Waals surface area contributed by atoms with Crippen molar-refractivity contribution in [1.82, 2.24) is 19.9 Å². The maximum Gasteiger partial charge on any atom is 0.182 e. The maximum atomic E-state index is 9.69. The normalized spacial score (nSPS) is 12.4. The molecule has 0 fully saturated rings. The van der Waals surface area contributed by atoms with E-state index in [2.05, 4.69) is 25.3 Å². The predicted octanol–water partition coefficient (Wildman–Crippen LogP) is 1.05. The molecule has 0 aliphatic carbocycles. The number of hydrogen-bond acceptors (Lipinski definition) is 5. The van der Waals surface area contributed by atoms with E-state index in [1.807, 2.05) is 13.8 Å². The molecule has 16 heavy (non-hydrogen) atoms. The quantitative estimate of drug-likeness (QED) is 0.530. The van der Waals surface area contributed by atoms with E-state index >= 15 is 0 Å². The van der Waals surface area contributed by atoms with Crippen molar-refractivity contribution >= 4 is 17.0 Å². The van der Waals surface area contributed by atoms with Gasteiger partial charge in [0.05, 0.1) is 6.33 Å². The lowest BCUT2D eigenvalue weighted by molar-refractivity contribution is 0.251. The van der Waals surface area contributed by atoms with Crippen LogP contribution in [0.1, 0.15) is 13.8 Å². The Balaban J connectivity index is 2.27. The van der Waals surface area contributed by atoms with Gasteiger partial charge in [-0.25, -0.2) is 15.0 Å². The average molecular weight is 219 g/mol. The molecule has 2 aromatic heterocycles. The Labute approximate surface area is 92.5 Å². The molecule has 0 spiro atoms. The Kier molecular flexibility index (Phi) is 2.82. The number of aliphatic hydroxyl groups is 1. The first-order valence-corrected chi connectivity index (χ1v) is 4.90. The zero-order valence-corrected chi connectivity index (χ0v) is 9.10. The molecule has 0 saturated carbocycles. The zero-order chi connectivity index (χ0) is 11.5. The zero-order valence-electron chi connectivity index (χ0n) is 9.10. The van der Waals surface area contributed by atoms with Crippen LogP contribution in [0.25, 0.3) is 11.2 Å². The Morgan fingerprint density at radius 2 is 2.25 bits per heavy atom. The van der Waals surface area contributed by atoms with Crippen LogP contribution in [0.15, 0.2) is 24.3 Å². The summed E-state index contributed by atoms with van der Waals surface area (Å²) in [4.78, 5) is 14.9. The van der Waals surface area contributed by atoms with Crippen molar-refractivity contribution < 1.29 is 5.11 Å². The number of anilines is 1. The highest BCUT2D eigenvalue weighted by atomic mass is 16.3. The van der Waals surface area contributed by atoms with Gasteiger partial charge in [-0.05, 0) is 19.9 Å². The summed E-state index contributed by atoms with van der Waals surface area (Å²) >= 11 is 0. The van der Waals surface area contributed by atoms with Gasteiger partial charge >= 0.3 is 0 Å². The lowest BCUT2D eigenvalue weighted by Gasteiger charge is -2.10. The number of nitrogens with one attached hydrogen (secondary N) is 2. The van der Waals surface area contributed by atoms with Crippen molar-refractivity contribution in [1.29, 1.82) is 0 Å². The third kappa shape index (κ3) is 2.17. The summed E-state index contributed by atoms with van der Waals surface area (Å²) in [6, 6.07) is 0. The van der Waals surface area contributed by atoms with Crippen molar-refractivity contribution in [2.45, 2.75) is 20.1 Å². The summed E-state index contributed by atoms with van der Waals surface area (Å²) < 4.78 is 0. The molecule has 0 saturated heterocycles. The topological polar surface area (TPSA) is 86.7 Å². The molecule has 84 valence electrons. The third-order valence-electron chi connectivity index (χ3n) is 2.00. The van der Waals surface area contributed by atoms with Gasteiger partial charge in [-0.1, -0.05) is 5.57 Å². The summed E-state index contributed by atoms with van der Waals surface area (Å²) in [5, 5.41) is 12.5. The molecule has 3 N–H and O–H groups in total. The number of aromatic nitrogens is 4. The molecule has 0 radical (unpaired) electrons.